The number of rotatable bonds is 9. The Morgan fingerprint density at radius 3 is 2.67 bits per heavy atom. The van der Waals surface area contributed by atoms with Crippen LogP contribution in [0.4, 0.5) is 5.69 Å². The van der Waals surface area contributed by atoms with Gasteiger partial charge in [-0.05, 0) is 56.3 Å². The third-order valence-corrected chi connectivity index (χ3v) is 6.86. The number of amides is 1. The summed E-state index contributed by atoms with van der Waals surface area (Å²) in [5.74, 6) is 1.24. The summed E-state index contributed by atoms with van der Waals surface area (Å²) >= 11 is 1.42. The number of thioether (sulfide) groups is 1. The molecular weight excluding hydrogens is 434 g/mol. The summed E-state index contributed by atoms with van der Waals surface area (Å²) in [7, 11) is 4.09. The Morgan fingerprint density at radius 2 is 1.94 bits per heavy atom. The smallest absolute Gasteiger partial charge is 0.224 e. The van der Waals surface area contributed by atoms with Crippen LogP contribution in [0.15, 0.2) is 53.7 Å². The van der Waals surface area contributed by atoms with Crippen molar-refractivity contribution in [2.45, 2.75) is 43.9 Å². The Hall–Kier alpha value is -2.97. The van der Waals surface area contributed by atoms with Gasteiger partial charge in [-0.25, -0.2) is 0 Å². The van der Waals surface area contributed by atoms with E-state index < -0.39 is 0 Å². The maximum Gasteiger partial charge on any atom is 0.224 e. The zero-order chi connectivity index (χ0) is 23.4. The van der Waals surface area contributed by atoms with E-state index in [1.807, 2.05) is 44.4 Å². The van der Waals surface area contributed by atoms with Crippen molar-refractivity contribution in [1.29, 1.82) is 0 Å². The summed E-state index contributed by atoms with van der Waals surface area (Å²) in [6, 6.07) is 15.9. The van der Waals surface area contributed by atoms with Crippen LogP contribution in [0.2, 0.25) is 0 Å². The molecule has 1 N–H and O–H groups in total. The molecule has 0 fully saturated rings. The van der Waals surface area contributed by atoms with Crippen LogP contribution >= 0.6 is 11.8 Å². The minimum atomic E-state index is 0.0220. The molecule has 33 heavy (non-hydrogen) atoms. The van der Waals surface area contributed by atoms with Gasteiger partial charge in [-0.15, -0.1) is 10.2 Å². The summed E-state index contributed by atoms with van der Waals surface area (Å²) in [4.78, 5) is 26.7. The lowest BCUT2D eigenvalue weighted by molar-refractivity contribution is -0.116. The van der Waals surface area contributed by atoms with E-state index in [0.717, 1.165) is 34.2 Å². The average Bonchev–Trinajstić information content (AvgIpc) is 3.20. The van der Waals surface area contributed by atoms with E-state index in [9.17, 15) is 9.59 Å². The first-order valence-corrected chi connectivity index (χ1v) is 12.2. The highest BCUT2D eigenvalue weighted by molar-refractivity contribution is 7.99. The number of hydrogen-bond acceptors (Lipinski definition) is 6. The molecule has 1 aliphatic rings. The average molecular weight is 464 g/mol. The number of ketones is 1. The molecule has 8 heteroatoms. The van der Waals surface area contributed by atoms with Crippen molar-refractivity contribution in [3.05, 3.63) is 71.0 Å². The van der Waals surface area contributed by atoms with E-state index in [1.54, 1.807) is 6.07 Å². The molecule has 1 atom stereocenters. The summed E-state index contributed by atoms with van der Waals surface area (Å²) in [6.45, 7) is 2.80. The summed E-state index contributed by atoms with van der Waals surface area (Å²) in [6.07, 6.45) is 2.03. The van der Waals surface area contributed by atoms with Crippen molar-refractivity contribution in [1.82, 2.24) is 19.7 Å². The molecule has 1 aliphatic heterocycles. The van der Waals surface area contributed by atoms with Gasteiger partial charge in [-0.3, -0.25) is 14.5 Å². The van der Waals surface area contributed by atoms with Crippen molar-refractivity contribution < 1.29 is 9.59 Å². The van der Waals surface area contributed by atoms with Gasteiger partial charge in [0.05, 0.1) is 18.3 Å². The molecule has 0 aliphatic carbocycles. The first-order valence-electron chi connectivity index (χ1n) is 11.2. The Kier molecular flexibility index (Phi) is 7.25. The largest absolute Gasteiger partial charge is 0.326 e. The second kappa shape index (κ2) is 10.3. The number of anilines is 1. The van der Waals surface area contributed by atoms with Gasteiger partial charge < -0.3 is 9.88 Å². The number of hydrogen-bond donors (Lipinski definition) is 1. The van der Waals surface area contributed by atoms with Crippen LogP contribution in [0, 0.1) is 0 Å². The molecule has 0 unspecified atom stereocenters. The minimum Gasteiger partial charge on any atom is -0.326 e. The summed E-state index contributed by atoms with van der Waals surface area (Å²) < 4.78 is 2.13. The number of aromatic nitrogens is 3. The first kappa shape index (κ1) is 23.2. The van der Waals surface area contributed by atoms with Gasteiger partial charge in [-0.2, -0.15) is 0 Å². The molecule has 2 aromatic carbocycles. The number of Topliss-reactive ketones (excluding diaryl/α,β-unsaturated/α-hetero) is 1. The number of aryl methyl sites for hydroxylation is 1. The summed E-state index contributed by atoms with van der Waals surface area (Å²) in [5.41, 5.74) is 3.64. The quantitative estimate of drug-likeness (QED) is 0.378. The van der Waals surface area contributed by atoms with Crippen LogP contribution in [0.1, 0.15) is 53.1 Å². The summed E-state index contributed by atoms with van der Waals surface area (Å²) in [5, 5.41) is 12.6. The molecule has 0 radical (unpaired) electrons. The zero-order valence-corrected chi connectivity index (χ0v) is 20.1. The molecule has 0 saturated carbocycles. The van der Waals surface area contributed by atoms with Gasteiger partial charge in [0.25, 0.3) is 0 Å². The third-order valence-electron chi connectivity index (χ3n) is 5.89. The van der Waals surface area contributed by atoms with Crippen molar-refractivity contribution in [2.24, 2.45) is 0 Å². The molecule has 1 amide bonds. The Labute approximate surface area is 198 Å². The lowest BCUT2D eigenvalue weighted by Gasteiger charge is -2.23. The number of carbonyl (C=O) groups is 2. The fourth-order valence-corrected chi connectivity index (χ4v) is 4.96. The van der Waals surface area contributed by atoms with Crippen LogP contribution in [0.25, 0.3) is 0 Å². The molecule has 0 saturated heterocycles. The van der Waals surface area contributed by atoms with Crippen LogP contribution in [-0.2, 0) is 17.8 Å². The minimum absolute atomic E-state index is 0.0220. The second-order valence-electron chi connectivity index (χ2n) is 8.43. The molecule has 0 bridgehead atoms. The van der Waals surface area contributed by atoms with Gasteiger partial charge in [0, 0.05) is 17.7 Å². The number of fused-ring (bicyclic) bond motifs is 1. The van der Waals surface area contributed by atoms with Gasteiger partial charge in [0.2, 0.25) is 5.91 Å². The number of nitrogens with zero attached hydrogens (tertiary/aromatic N) is 4. The van der Waals surface area contributed by atoms with Gasteiger partial charge in [-0.1, -0.05) is 49.0 Å². The van der Waals surface area contributed by atoms with E-state index in [-0.39, 0.29) is 23.5 Å². The highest BCUT2D eigenvalue weighted by atomic mass is 32.2. The topological polar surface area (TPSA) is 80.1 Å². The SMILES string of the molecule is CC[C@H](c1nnc(SCC(=O)c2ccc3c(c2)CCC(=O)N3)n1Cc1ccccc1)N(C)C. The normalized spacial score (nSPS) is 14.1. The lowest BCUT2D eigenvalue weighted by atomic mass is 9.99. The van der Waals surface area contributed by atoms with E-state index in [4.69, 9.17) is 0 Å². The third kappa shape index (κ3) is 5.34. The maximum absolute atomic E-state index is 13.0. The van der Waals surface area contributed by atoms with E-state index in [1.165, 1.54) is 11.8 Å². The highest BCUT2D eigenvalue weighted by Gasteiger charge is 2.23. The number of benzene rings is 2. The van der Waals surface area contributed by atoms with Gasteiger partial charge >= 0.3 is 0 Å². The Balaban J connectivity index is 1.54. The zero-order valence-electron chi connectivity index (χ0n) is 19.2. The van der Waals surface area contributed by atoms with E-state index in [0.29, 0.717) is 24.9 Å². The molecule has 0 spiro atoms. The highest BCUT2D eigenvalue weighted by Crippen LogP contribution is 2.28. The lowest BCUT2D eigenvalue weighted by Crippen LogP contribution is -2.23. The van der Waals surface area contributed by atoms with Crippen LogP contribution in [-0.4, -0.2) is 51.2 Å². The molecule has 3 aromatic rings. The predicted octanol–water partition coefficient (Wildman–Crippen LogP) is 4.20. The number of nitrogens with one attached hydrogen (secondary N) is 1. The first-order chi connectivity index (χ1) is 16.0. The molecule has 2 heterocycles. The second-order valence-corrected chi connectivity index (χ2v) is 9.37. The van der Waals surface area contributed by atoms with E-state index in [2.05, 4.69) is 44.0 Å². The van der Waals surface area contributed by atoms with Crippen molar-refractivity contribution >= 4 is 29.1 Å². The number of carbonyl (C=O) groups excluding carboxylic acids is 2. The predicted molar refractivity (Wildman–Crippen MR) is 131 cm³/mol. The van der Waals surface area contributed by atoms with Gasteiger partial charge in [0.15, 0.2) is 16.8 Å². The van der Waals surface area contributed by atoms with Crippen LogP contribution in [0.3, 0.4) is 0 Å². The van der Waals surface area contributed by atoms with Gasteiger partial charge in [0.1, 0.15) is 0 Å². The molecule has 172 valence electrons. The molecule has 7 nitrogen and oxygen atoms in total. The fourth-order valence-electron chi connectivity index (χ4n) is 4.12. The molecule has 4 rings (SSSR count). The molecule has 1 aromatic heterocycles. The van der Waals surface area contributed by atoms with Crippen molar-refractivity contribution in [3.8, 4) is 0 Å². The molecular formula is C25H29N5O2S. The standard InChI is InChI=1S/C25H29N5O2S/c1-4-21(29(2)3)24-27-28-25(30(24)15-17-8-6-5-7-9-17)33-16-22(31)19-10-12-20-18(14-19)11-13-23(32)26-20/h5-10,12,14,21H,4,11,13,15-16H2,1-3H3,(H,26,32)/t21-/m1/s1. The Morgan fingerprint density at radius 1 is 1.15 bits per heavy atom. The van der Waals surface area contributed by atoms with Crippen molar-refractivity contribution in [3.63, 3.8) is 0 Å². The van der Waals surface area contributed by atoms with Crippen molar-refractivity contribution in [2.75, 3.05) is 25.2 Å². The Bertz CT molecular complexity index is 1140. The van der Waals surface area contributed by atoms with Crippen LogP contribution < -0.4 is 5.32 Å². The monoisotopic (exact) mass is 463 g/mol. The fraction of sp³-hybridized carbons (Fsp3) is 0.360. The van der Waals surface area contributed by atoms with Crippen LogP contribution in [0.5, 0.6) is 0 Å². The maximum atomic E-state index is 13.0. The van der Waals surface area contributed by atoms with E-state index >= 15 is 0 Å².